The highest BCUT2D eigenvalue weighted by atomic mass is 32.7. The van der Waals surface area contributed by atoms with Gasteiger partial charge in [0.05, 0.1) is 6.10 Å². The third kappa shape index (κ3) is 5.36. The first-order valence-electron chi connectivity index (χ1n) is 6.56. The highest BCUT2D eigenvalue weighted by molar-refractivity contribution is 8.57. The van der Waals surface area contributed by atoms with Gasteiger partial charge in [-0.15, -0.1) is 0 Å². The Labute approximate surface area is 129 Å². The molecule has 0 radical (unpaired) electrons. The fourth-order valence-electron chi connectivity index (χ4n) is 1.24. The van der Waals surface area contributed by atoms with Crippen LogP contribution in [0.3, 0.4) is 0 Å². The molecule has 0 saturated heterocycles. The summed E-state index contributed by atoms with van der Waals surface area (Å²) in [7, 11) is 2.56. The Morgan fingerprint density at radius 2 is 1.81 bits per heavy atom. The van der Waals surface area contributed by atoms with Crippen molar-refractivity contribution in [3.8, 4) is 0 Å². The van der Waals surface area contributed by atoms with Gasteiger partial charge in [-0.1, -0.05) is 25.2 Å². The number of rotatable bonds is 7. The molecule has 2 amide bonds. The molecule has 0 saturated carbocycles. The van der Waals surface area contributed by atoms with E-state index in [0.717, 1.165) is 20.7 Å². The number of carbonyl (C=O) groups is 3. The van der Waals surface area contributed by atoms with Crippen molar-refractivity contribution in [2.75, 3.05) is 14.1 Å². The second-order valence-corrected chi connectivity index (χ2v) is 10.1. The Kier molecular flexibility index (Phi) is 8.03. The van der Waals surface area contributed by atoms with Crippen molar-refractivity contribution in [3.63, 3.8) is 0 Å². The topological polar surface area (TPSA) is 84.0 Å². The predicted octanol–water partition coefficient (Wildman–Crippen LogP) is 2.12. The number of likely N-dealkylation sites (N-methyl/N-ethyl adjacent to an activating group) is 1. The molecule has 0 spiro atoms. The van der Waals surface area contributed by atoms with Gasteiger partial charge in [0.25, 0.3) is 0 Å². The largest absolute Gasteiger partial charge is 0.456 e. The van der Waals surface area contributed by atoms with Crippen LogP contribution >= 0.6 is 18.0 Å². The minimum absolute atomic E-state index is 0.0467. The summed E-state index contributed by atoms with van der Waals surface area (Å²) in [5, 5.41) is -0.0467. The molecule has 0 aliphatic rings. The smallest absolute Gasteiger partial charge is 0.397 e. The SMILES string of the molecule is CCC(C)SP(=O)(N(C)C=O)N(C)C(=O)C(=O)OC(C)C. The van der Waals surface area contributed by atoms with E-state index in [9.17, 15) is 18.9 Å². The van der Waals surface area contributed by atoms with E-state index in [1.165, 1.54) is 14.1 Å². The predicted molar refractivity (Wildman–Crippen MR) is 82.8 cm³/mol. The summed E-state index contributed by atoms with van der Waals surface area (Å²) in [5.41, 5.74) is 0. The average Bonchev–Trinajstić information content (AvgIpc) is 2.43. The molecule has 0 aliphatic carbocycles. The summed E-state index contributed by atoms with van der Waals surface area (Å²) in [6.07, 6.45) is 0.633. The van der Waals surface area contributed by atoms with E-state index >= 15 is 0 Å². The molecule has 0 rings (SSSR count). The molecule has 0 N–H and O–H groups in total. The van der Waals surface area contributed by atoms with E-state index in [1.807, 2.05) is 13.8 Å². The number of amides is 2. The molecule has 0 fully saturated rings. The van der Waals surface area contributed by atoms with Gasteiger partial charge in [-0.05, 0) is 20.3 Å². The Hall–Kier alpha value is -1.01. The third-order valence-corrected chi connectivity index (χ3v) is 8.84. The van der Waals surface area contributed by atoms with Gasteiger partial charge in [0, 0.05) is 19.3 Å². The Balaban J connectivity index is 5.34. The molecule has 21 heavy (non-hydrogen) atoms. The fraction of sp³-hybridized carbons (Fsp3) is 0.750. The Morgan fingerprint density at radius 1 is 1.29 bits per heavy atom. The number of hydrogen-bond donors (Lipinski definition) is 0. The summed E-state index contributed by atoms with van der Waals surface area (Å²) < 4.78 is 19.5. The van der Waals surface area contributed by atoms with Crippen molar-refractivity contribution < 1.29 is 23.7 Å². The standard InChI is InChI=1S/C12H23N2O5PS/c1-7-10(4)21-20(18,13(5)8-15)14(6)11(16)12(17)19-9(2)3/h8-10H,7H2,1-6H3. The van der Waals surface area contributed by atoms with E-state index in [0.29, 0.717) is 12.8 Å². The van der Waals surface area contributed by atoms with E-state index in [1.54, 1.807) is 13.8 Å². The lowest BCUT2D eigenvalue weighted by molar-refractivity contribution is -0.160. The molecule has 2 atom stereocenters. The van der Waals surface area contributed by atoms with Gasteiger partial charge in [-0.3, -0.25) is 23.5 Å². The van der Waals surface area contributed by atoms with Crippen molar-refractivity contribution in [1.29, 1.82) is 0 Å². The molecule has 0 aromatic carbocycles. The van der Waals surface area contributed by atoms with Crippen LogP contribution in [0.15, 0.2) is 0 Å². The zero-order chi connectivity index (χ0) is 16.8. The maximum Gasteiger partial charge on any atom is 0.397 e. The van der Waals surface area contributed by atoms with Crippen LogP contribution in [0.25, 0.3) is 0 Å². The van der Waals surface area contributed by atoms with E-state index in [2.05, 4.69) is 0 Å². The van der Waals surface area contributed by atoms with Crippen LogP contribution in [0.2, 0.25) is 0 Å². The molecule has 0 aromatic rings. The number of nitrogens with zero attached hydrogens (tertiary/aromatic N) is 2. The molecule has 7 nitrogen and oxygen atoms in total. The van der Waals surface area contributed by atoms with Gasteiger partial charge in [-0.25, -0.2) is 4.79 Å². The molecule has 0 heterocycles. The van der Waals surface area contributed by atoms with Gasteiger partial charge >= 0.3 is 18.5 Å². The number of ether oxygens (including phenoxy) is 1. The summed E-state index contributed by atoms with van der Waals surface area (Å²) in [4.78, 5) is 34.7. The zero-order valence-corrected chi connectivity index (χ0v) is 14.9. The average molecular weight is 338 g/mol. The normalized spacial score (nSPS) is 15.0. The lowest BCUT2D eigenvalue weighted by Crippen LogP contribution is -2.36. The highest BCUT2D eigenvalue weighted by Gasteiger charge is 2.40. The van der Waals surface area contributed by atoms with Crippen LogP contribution in [0.4, 0.5) is 0 Å². The van der Waals surface area contributed by atoms with Crippen LogP contribution in [-0.4, -0.2) is 53.1 Å². The van der Waals surface area contributed by atoms with Crippen LogP contribution in [0.1, 0.15) is 34.1 Å². The summed E-state index contributed by atoms with van der Waals surface area (Å²) in [5.74, 6) is -2.12. The van der Waals surface area contributed by atoms with Gasteiger partial charge in [0.1, 0.15) is 0 Å². The van der Waals surface area contributed by atoms with Crippen molar-refractivity contribution in [2.45, 2.75) is 45.5 Å². The molecular formula is C12H23N2O5PS. The second-order valence-electron chi connectivity index (χ2n) is 4.78. The van der Waals surface area contributed by atoms with Crippen LogP contribution in [-0.2, 0) is 23.7 Å². The Morgan fingerprint density at radius 3 is 2.19 bits per heavy atom. The van der Waals surface area contributed by atoms with E-state index < -0.39 is 24.6 Å². The monoisotopic (exact) mass is 338 g/mol. The summed E-state index contributed by atoms with van der Waals surface area (Å²) >= 11 is 1.000. The van der Waals surface area contributed by atoms with Crippen molar-refractivity contribution in [2.24, 2.45) is 0 Å². The van der Waals surface area contributed by atoms with E-state index in [-0.39, 0.29) is 5.25 Å². The first kappa shape index (κ1) is 20.0. The first-order valence-corrected chi connectivity index (χ1v) is 9.66. The van der Waals surface area contributed by atoms with Crippen LogP contribution in [0, 0.1) is 0 Å². The Bertz CT molecular complexity index is 443. The lowest BCUT2D eigenvalue weighted by atomic mass is 10.4. The molecule has 0 aromatic heterocycles. The van der Waals surface area contributed by atoms with Crippen molar-refractivity contribution in [3.05, 3.63) is 0 Å². The second kappa shape index (κ2) is 8.44. The number of carbonyl (C=O) groups excluding carboxylic acids is 3. The maximum atomic E-state index is 13.0. The quantitative estimate of drug-likeness (QED) is 0.306. The van der Waals surface area contributed by atoms with Crippen molar-refractivity contribution >= 4 is 36.3 Å². The highest BCUT2D eigenvalue weighted by Crippen LogP contribution is 2.64. The van der Waals surface area contributed by atoms with Gasteiger partial charge in [0.15, 0.2) is 0 Å². The molecule has 122 valence electrons. The lowest BCUT2D eigenvalue weighted by Gasteiger charge is -2.33. The van der Waals surface area contributed by atoms with Gasteiger partial charge < -0.3 is 4.74 Å². The maximum absolute atomic E-state index is 13.0. The summed E-state index contributed by atoms with van der Waals surface area (Å²) in [6, 6.07) is 0. The van der Waals surface area contributed by atoms with Crippen molar-refractivity contribution in [1.82, 2.24) is 9.34 Å². The molecule has 0 aliphatic heterocycles. The van der Waals surface area contributed by atoms with Gasteiger partial charge in [0.2, 0.25) is 6.41 Å². The van der Waals surface area contributed by atoms with E-state index in [4.69, 9.17) is 4.74 Å². The molecular weight excluding hydrogens is 315 g/mol. The number of esters is 1. The van der Waals surface area contributed by atoms with Gasteiger partial charge in [-0.2, -0.15) is 0 Å². The number of hydrogen-bond acceptors (Lipinski definition) is 6. The summed E-state index contributed by atoms with van der Waals surface area (Å²) in [6.45, 7) is 3.39. The van der Waals surface area contributed by atoms with Crippen LogP contribution < -0.4 is 0 Å². The molecule has 2 unspecified atom stereocenters. The zero-order valence-electron chi connectivity index (χ0n) is 13.2. The first-order chi connectivity index (χ1) is 9.59. The fourth-order valence-corrected chi connectivity index (χ4v) is 6.06. The molecule has 9 heteroatoms. The third-order valence-electron chi connectivity index (χ3n) is 2.63. The molecule has 0 bridgehead atoms. The minimum atomic E-state index is -3.56. The minimum Gasteiger partial charge on any atom is -0.456 e. The van der Waals surface area contributed by atoms with Crippen LogP contribution in [0.5, 0.6) is 0 Å².